The molecule has 0 spiro atoms. The van der Waals surface area contributed by atoms with Crippen LogP contribution in [-0.4, -0.2) is 31.4 Å². The van der Waals surface area contributed by atoms with E-state index in [9.17, 15) is 9.18 Å². The summed E-state index contributed by atoms with van der Waals surface area (Å²) in [4.78, 5) is 16.2. The molecule has 0 aliphatic carbocycles. The Morgan fingerprint density at radius 1 is 1.30 bits per heavy atom. The highest BCUT2D eigenvalue weighted by atomic mass is 32.1. The van der Waals surface area contributed by atoms with Gasteiger partial charge in [-0.3, -0.25) is 4.79 Å². The van der Waals surface area contributed by atoms with Crippen LogP contribution in [0.15, 0.2) is 41.8 Å². The van der Waals surface area contributed by atoms with Crippen molar-refractivity contribution in [3.8, 4) is 0 Å². The van der Waals surface area contributed by atoms with Crippen molar-refractivity contribution in [2.75, 3.05) is 20.6 Å². The number of fused-ring (bicyclic) bond motifs is 1. The van der Waals surface area contributed by atoms with Crippen molar-refractivity contribution in [1.29, 1.82) is 0 Å². The van der Waals surface area contributed by atoms with Crippen LogP contribution in [0.1, 0.15) is 20.6 Å². The Kier molecular flexibility index (Phi) is 4.75. The van der Waals surface area contributed by atoms with Crippen LogP contribution in [0.5, 0.6) is 0 Å². The summed E-state index contributed by atoms with van der Waals surface area (Å²) in [6.45, 7) is 0.517. The molecule has 120 valence electrons. The van der Waals surface area contributed by atoms with Crippen LogP contribution in [0.4, 0.5) is 4.39 Å². The summed E-state index contributed by atoms with van der Waals surface area (Å²) >= 11 is 2.99. The van der Waals surface area contributed by atoms with Crippen LogP contribution >= 0.6 is 22.7 Å². The Morgan fingerprint density at radius 2 is 2.13 bits per heavy atom. The van der Waals surface area contributed by atoms with Gasteiger partial charge in [0.25, 0.3) is 5.91 Å². The summed E-state index contributed by atoms with van der Waals surface area (Å²) in [5, 5.41) is 5.50. The Hall–Kier alpha value is -1.76. The maximum Gasteiger partial charge on any atom is 0.261 e. The predicted molar refractivity (Wildman–Crippen MR) is 94.9 cm³/mol. The number of thiophene rings is 2. The molecular formula is C17H17FN2OS2. The van der Waals surface area contributed by atoms with Crippen LogP contribution in [0.3, 0.4) is 0 Å². The molecule has 23 heavy (non-hydrogen) atoms. The highest BCUT2D eigenvalue weighted by Gasteiger charge is 2.18. The third-order valence-electron chi connectivity index (χ3n) is 3.68. The zero-order chi connectivity index (χ0) is 16.4. The summed E-state index contributed by atoms with van der Waals surface area (Å²) in [5.74, 6) is -0.448. The molecule has 0 aliphatic heterocycles. The van der Waals surface area contributed by atoms with E-state index in [0.29, 0.717) is 16.8 Å². The van der Waals surface area contributed by atoms with E-state index in [1.807, 2.05) is 31.6 Å². The number of benzene rings is 1. The maximum atomic E-state index is 13.7. The maximum absolute atomic E-state index is 13.7. The van der Waals surface area contributed by atoms with E-state index in [2.05, 4.69) is 16.3 Å². The van der Waals surface area contributed by atoms with Crippen molar-refractivity contribution >= 4 is 38.7 Å². The van der Waals surface area contributed by atoms with Gasteiger partial charge >= 0.3 is 0 Å². The summed E-state index contributed by atoms with van der Waals surface area (Å²) < 4.78 is 14.5. The summed E-state index contributed by atoms with van der Waals surface area (Å²) in [7, 11) is 3.98. The highest BCUT2D eigenvalue weighted by Crippen LogP contribution is 2.28. The normalized spacial score (nSPS) is 12.7. The highest BCUT2D eigenvalue weighted by molar-refractivity contribution is 7.20. The third-order valence-corrected chi connectivity index (χ3v) is 5.76. The fourth-order valence-corrected chi connectivity index (χ4v) is 4.35. The van der Waals surface area contributed by atoms with Crippen LogP contribution < -0.4 is 5.32 Å². The fraction of sp³-hybridized carbons (Fsp3) is 0.235. The fourth-order valence-electron chi connectivity index (χ4n) is 2.43. The molecule has 0 saturated carbocycles. The lowest BCUT2D eigenvalue weighted by Gasteiger charge is -2.23. The van der Waals surface area contributed by atoms with Gasteiger partial charge in [0.1, 0.15) is 5.82 Å². The predicted octanol–water partition coefficient (Wildman–Crippen LogP) is 4.13. The van der Waals surface area contributed by atoms with E-state index in [4.69, 9.17) is 0 Å². The van der Waals surface area contributed by atoms with Gasteiger partial charge in [0.2, 0.25) is 0 Å². The minimum atomic E-state index is -0.289. The topological polar surface area (TPSA) is 32.3 Å². The molecule has 0 radical (unpaired) electrons. The lowest BCUT2D eigenvalue weighted by atomic mass is 10.2. The minimum absolute atomic E-state index is 0.130. The van der Waals surface area contributed by atoms with E-state index in [-0.39, 0.29) is 17.8 Å². The first kappa shape index (κ1) is 16.1. The molecule has 1 amide bonds. The molecule has 1 N–H and O–H groups in total. The van der Waals surface area contributed by atoms with E-state index in [1.165, 1.54) is 22.3 Å². The average Bonchev–Trinajstić information content (AvgIpc) is 3.16. The number of nitrogens with zero attached hydrogens (tertiary/aromatic N) is 1. The molecule has 0 bridgehead atoms. The zero-order valence-electron chi connectivity index (χ0n) is 12.9. The van der Waals surface area contributed by atoms with E-state index < -0.39 is 0 Å². The van der Waals surface area contributed by atoms with Gasteiger partial charge in [0.05, 0.1) is 10.9 Å². The smallest absolute Gasteiger partial charge is 0.261 e. The molecule has 2 aromatic heterocycles. The van der Waals surface area contributed by atoms with Gasteiger partial charge < -0.3 is 10.2 Å². The van der Waals surface area contributed by atoms with Crippen molar-refractivity contribution in [3.05, 3.63) is 57.3 Å². The van der Waals surface area contributed by atoms with Crippen LogP contribution in [0.25, 0.3) is 10.1 Å². The number of carbonyl (C=O) groups excluding carboxylic acids is 1. The molecule has 1 aromatic carbocycles. The molecule has 2 heterocycles. The third kappa shape index (κ3) is 3.44. The van der Waals surface area contributed by atoms with Gasteiger partial charge in [-0.25, -0.2) is 4.39 Å². The van der Waals surface area contributed by atoms with Crippen LogP contribution in [0, 0.1) is 5.82 Å². The second-order valence-corrected chi connectivity index (χ2v) is 7.53. The number of rotatable bonds is 5. The van der Waals surface area contributed by atoms with E-state index in [1.54, 1.807) is 23.5 Å². The summed E-state index contributed by atoms with van der Waals surface area (Å²) in [6, 6.07) is 10.7. The SMILES string of the molecule is CN(C)[C@H](CNC(=O)c1cc2c(F)cccc2s1)c1cccs1. The van der Waals surface area contributed by atoms with Crippen molar-refractivity contribution in [1.82, 2.24) is 10.2 Å². The summed E-state index contributed by atoms with van der Waals surface area (Å²) in [5.41, 5.74) is 0. The molecule has 0 aliphatic rings. The molecule has 6 heteroatoms. The Bertz CT molecular complexity index is 811. The molecule has 3 rings (SSSR count). The molecular weight excluding hydrogens is 331 g/mol. The number of likely N-dealkylation sites (N-methyl/N-ethyl adjacent to an activating group) is 1. The van der Waals surface area contributed by atoms with Gasteiger partial charge in [-0.2, -0.15) is 0 Å². The Labute approximate surface area is 142 Å². The Balaban J connectivity index is 1.74. The number of nitrogens with one attached hydrogen (secondary N) is 1. The van der Waals surface area contributed by atoms with Crippen molar-refractivity contribution in [2.45, 2.75) is 6.04 Å². The lowest BCUT2D eigenvalue weighted by Crippen LogP contribution is -2.33. The lowest BCUT2D eigenvalue weighted by molar-refractivity contribution is 0.0946. The van der Waals surface area contributed by atoms with Crippen molar-refractivity contribution in [3.63, 3.8) is 0 Å². The Morgan fingerprint density at radius 3 is 2.78 bits per heavy atom. The number of halogens is 1. The molecule has 0 fully saturated rings. The first-order valence-electron chi connectivity index (χ1n) is 7.22. The first-order chi connectivity index (χ1) is 11.1. The largest absolute Gasteiger partial charge is 0.349 e. The molecule has 1 atom stereocenters. The summed E-state index contributed by atoms with van der Waals surface area (Å²) in [6.07, 6.45) is 0. The monoisotopic (exact) mass is 348 g/mol. The van der Waals surface area contributed by atoms with Crippen molar-refractivity contribution in [2.24, 2.45) is 0 Å². The van der Waals surface area contributed by atoms with Gasteiger partial charge in [-0.1, -0.05) is 12.1 Å². The first-order valence-corrected chi connectivity index (χ1v) is 8.92. The molecule has 0 unspecified atom stereocenters. The second-order valence-electron chi connectivity index (χ2n) is 5.47. The van der Waals surface area contributed by atoms with E-state index >= 15 is 0 Å². The molecule has 0 saturated heterocycles. The number of amides is 1. The number of carbonyl (C=O) groups is 1. The molecule has 3 aromatic rings. The second kappa shape index (κ2) is 6.78. The van der Waals surface area contributed by atoms with Crippen molar-refractivity contribution < 1.29 is 9.18 Å². The van der Waals surface area contributed by atoms with Crippen LogP contribution in [-0.2, 0) is 0 Å². The number of hydrogen-bond acceptors (Lipinski definition) is 4. The van der Waals surface area contributed by atoms with Gasteiger partial charge in [0.15, 0.2) is 0 Å². The van der Waals surface area contributed by atoms with Gasteiger partial charge in [0, 0.05) is 21.5 Å². The molecule has 3 nitrogen and oxygen atoms in total. The average molecular weight is 348 g/mol. The number of hydrogen-bond donors (Lipinski definition) is 1. The van der Waals surface area contributed by atoms with Crippen LogP contribution in [0.2, 0.25) is 0 Å². The van der Waals surface area contributed by atoms with Gasteiger partial charge in [-0.05, 0) is 43.7 Å². The quantitative estimate of drug-likeness (QED) is 0.752. The standard InChI is InChI=1S/C17H17FN2OS2/c1-20(2)13(15-7-4-8-22-15)10-19-17(21)16-9-11-12(18)5-3-6-14(11)23-16/h3-9,13H,10H2,1-2H3,(H,19,21)/t13-/m1/s1. The van der Waals surface area contributed by atoms with Gasteiger partial charge in [-0.15, -0.1) is 22.7 Å². The zero-order valence-corrected chi connectivity index (χ0v) is 14.5. The minimum Gasteiger partial charge on any atom is -0.349 e. The van der Waals surface area contributed by atoms with E-state index in [0.717, 1.165) is 4.70 Å².